The quantitative estimate of drug-likeness (QED) is 0.455. The summed E-state index contributed by atoms with van der Waals surface area (Å²) in [7, 11) is 0. The zero-order valence-corrected chi connectivity index (χ0v) is 13.9. The number of fused-ring (bicyclic) bond motifs is 1. The average molecular weight is 375 g/mol. The maximum atomic E-state index is 12.6. The van der Waals surface area contributed by atoms with Crippen molar-refractivity contribution in [3.05, 3.63) is 67.2 Å². The van der Waals surface area contributed by atoms with Crippen LogP contribution in [0.4, 0.5) is 11.4 Å². The van der Waals surface area contributed by atoms with Gasteiger partial charge in [-0.05, 0) is 47.5 Å². The van der Waals surface area contributed by atoms with E-state index in [2.05, 4.69) is 15.9 Å². The van der Waals surface area contributed by atoms with E-state index in [1.165, 1.54) is 6.07 Å². The lowest BCUT2D eigenvalue weighted by Gasteiger charge is -2.19. The van der Waals surface area contributed by atoms with Gasteiger partial charge in [0.15, 0.2) is 0 Å². The molecule has 0 aromatic heterocycles. The van der Waals surface area contributed by atoms with Gasteiger partial charge in [-0.15, -0.1) is 0 Å². The Morgan fingerprint density at radius 3 is 2.04 bits per heavy atom. The molecule has 7 heteroatoms. The molecule has 0 N–H and O–H groups in total. The van der Waals surface area contributed by atoms with Crippen LogP contribution in [0.5, 0.6) is 0 Å². The molecule has 2 amide bonds. The minimum Gasteiger partial charge on any atom is -0.268 e. The molecule has 0 saturated heterocycles. The Bertz CT molecular complexity index is 857. The van der Waals surface area contributed by atoms with Gasteiger partial charge in [0.1, 0.15) is 0 Å². The first-order valence-electron chi connectivity index (χ1n) is 6.76. The number of halogens is 1. The molecule has 23 heavy (non-hydrogen) atoms. The molecule has 3 rings (SSSR count). The van der Waals surface area contributed by atoms with Crippen LogP contribution in [0, 0.1) is 24.0 Å². The molecule has 1 heterocycles. The van der Waals surface area contributed by atoms with E-state index in [9.17, 15) is 19.7 Å². The Morgan fingerprint density at radius 1 is 1.04 bits per heavy atom. The third kappa shape index (κ3) is 2.16. The fourth-order valence-electron chi connectivity index (χ4n) is 2.70. The number of nitro benzene ring substituents is 1. The molecule has 0 aliphatic carbocycles. The minimum atomic E-state index is -0.487. The molecule has 6 nitrogen and oxygen atoms in total. The lowest BCUT2D eigenvalue weighted by Crippen LogP contribution is -2.30. The van der Waals surface area contributed by atoms with Crippen molar-refractivity contribution < 1.29 is 14.5 Å². The molecule has 0 radical (unpaired) electrons. The average Bonchev–Trinajstić information content (AvgIpc) is 2.76. The largest absolute Gasteiger partial charge is 0.273 e. The number of carbonyl (C=O) groups is 2. The first-order valence-corrected chi connectivity index (χ1v) is 7.55. The highest BCUT2D eigenvalue weighted by molar-refractivity contribution is 9.10. The summed E-state index contributed by atoms with van der Waals surface area (Å²) < 4.78 is 0.335. The van der Waals surface area contributed by atoms with Crippen LogP contribution in [0.25, 0.3) is 0 Å². The smallest absolute Gasteiger partial charge is 0.268 e. The molecule has 2 aromatic rings. The summed E-state index contributed by atoms with van der Waals surface area (Å²) >= 11 is 3.26. The van der Waals surface area contributed by atoms with Crippen molar-refractivity contribution in [2.45, 2.75) is 13.8 Å². The summed E-state index contributed by atoms with van der Waals surface area (Å²) in [4.78, 5) is 36.9. The zero-order valence-electron chi connectivity index (χ0n) is 12.3. The van der Waals surface area contributed by atoms with Gasteiger partial charge >= 0.3 is 0 Å². The maximum absolute atomic E-state index is 12.6. The second-order valence-corrected chi connectivity index (χ2v) is 6.08. The van der Waals surface area contributed by atoms with Gasteiger partial charge in [-0.2, -0.15) is 0 Å². The number of benzene rings is 2. The molecule has 0 saturated carbocycles. The molecular formula is C16H11BrN2O4. The summed E-state index contributed by atoms with van der Waals surface area (Å²) in [5, 5.41) is 11.1. The van der Waals surface area contributed by atoms with Crippen LogP contribution in [0.1, 0.15) is 31.8 Å². The van der Waals surface area contributed by atoms with Crippen LogP contribution in [-0.4, -0.2) is 16.7 Å². The van der Waals surface area contributed by atoms with E-state index in [1.54, 1.807) is 38.1 Å². The van der Waals surface area contributed by atoms with Gasteiger partial charge in [0, 0.05) is 16.1 Å². The number of nitro groups is 1. The predicted molar refractivity (Wildman–Crippen MR) is 87.9 cm³/mol. The van der Waals surface area contributed by atoms with Gasteiger partial charge in [0.2, 0.25) is 0 Å². The highest BCUT2D eigenvalue weighted by Gasteiger charge is 2.39. The van der Waals surface area contributed by atoms with E-state index in [1.807, 2.05) is 0 Å². The first-order chi connectivity index (χ1) is 10.8. The van der Waals surface area contributed by atoms with Gasteiger partial charge in [-0.1, -0.05) is 12.1 Å². The second kappa shape index (κ2) is 5.27. The van der Waals surface area contributed by atoms with Crippen LogP contribution in [0.2, 0.25) is 0 Å². The van der Waals surface area contributed by atoms with Crippen molar-refractivity contribution in [1.29, 1.82) is 0 Å². The van der Waals surface area contributed by atoms with Gasteiger partial charge in [-0.25, -0.2) is 4.90 Å². The molecule has 0 fully saturated rings. The summed E-state index contributed by atoms with van der Waals surface area (Å²) in [6.45, 7) is 3.26. The van der Waals surface area contributed by atoms with Crippen molar-refractivity contribution in [1.82, 2.24) is 0 Å². The standard InChI is InChI=1S/C16H11BrN2O4/c1-8-9(2)14(12(17)7-13(8)19(22)23)18-15(20)10-5-3-4-6-11(10)16(18)21/h3-7H,1-2H3. The van der Waals surface area contributed by atoms with Crippen LogP contribution in [0.15, 0.2) is 34.8 Å². The zero-order chi connectivity index (χ0) is 16.9. The summed E-state index contributed by atoms with van der Waals surface area (Å²) in [5.74, 6) is -0.856. The Balaban J connectivity index is 2.22. The molecule has 2 aromatic carbocycles. The number of carbonyl (C=O) groups excluding carboxylic acids is 2. The first kappa shape index (κ1) is 15.4. The SMILES string of the molecule is Cc1c([N+](=O)[O-])cc(Br)c(N2C(=O)c3ccccc3C2=O)c1C. The minimum absolute atomic E-state index is 0.0604. The van der Waals surface area contributed by atoms with Crippen molar-refractivity contribution in [2.75, 3.05) is 4.90 Å². The molecule has 0 spiro atoms. The Kier molecular flexibility index (Phi) is 3.52. The molecule has 116 valence electrons. The molecule has 1 aliphatic heterocycles. The highest BCUT2D eigenvalue weighted by atomic mass is 79.9. The molecule has 1 aliphatic rings. The number of rotatable bonds is 2. The van der Waals surface area contributed by atoms with E-state index >= 15 is 0 Å². The number of imide groups is 1. The summed E-state index contributed by atoms with van der Waals surface area (Å²) in [5.41, 5.74) is 1.89. The van der Waals surface area contributed by atoms with E-state index in [4.69, 9.17) is 0 Å². The van der Waals surface area contributed by atoms with Crippen molar-refractivity contribution in [2.24, 2.45) is 0 Å². The fourth-order valence-corrected chi connectivity index (χ4v) is 3.39. The number of hydrogen-bond donors (Lipinski definition) is 0. The molecule has 0 bridgehead atoms. The third-order valence-corrected chi connectivity index (χ3v) is 4.61. The predicted octanol–water partition coefficient (Wildman–Crippen LogP) is 3.77. The van der Waals surface area contributed by atoms with E-state index in [0.717, 1.165) is 4.90 Å². The summed E-state index contributed by atoms with van der Waals surface area (Å²) in [6.07, 6.45) is 0. The van der Waals surface area contributed by atoms with Crippen LogP contribution in [-0.2, 0) is 0 Å². The monoisotopic (exact) mass is 374 g/mol. The topological polar surface area (TPSA) is 80.5 Å². The normalized spacial score (nSPS) is 13.4. The molecule has 0 unspecified atom stereocenters. The third-order valence-electron chi connectivity index (χ3n) is 4.01. The van der Waals surface area contributed by atoms with Gasteiger partial charge in [0.05, 0.1) is 21.7 Å². The number of amides is 2. The molecular weight excluding hydrogens is 364 g/mol. The summed E-state index contributed by atoms with van der Waals surface area (Å²) in [6, 6.07) is 7.89. The van der Waals surface area contributed by atoms with Gasteiger partial charge in [-0.3, -0.25) is 19.7 Å². The van der Waals surface area contributed by atoms with Crippen LogP contribution in [0.3, 0.4) is 0 Å². The maximum Gasteiger partial charge on any atom is 0.273 e. The van der Waals surface area contributed by atoms with Crippen LogP contribution >= 0.6 is 15.9 Å². The van der Waals surface area contributed by atoms with Gasteiger partial charge < -0.3 is 0 Å². The van der Waals surface area contributed by atoms with Crippen LogP contribution < -0.4 is 4.90 Å². The lowest BCUT2D eigenvalue weighted by molar-refractivity contribution is -0.385. The van der Waals surface area contributed by atoms with Crippen molar-refractivity contribution in [3.8, 4) is 0 Å². The highest BCUT2D eigenvalue weighted by Crippen LogP contribution is 2.40. The number of nitrogens with zero attached hydrogens (tertiary/aromatic N) is 2. The van der Waals surface area contributed by atoms with E-state index in [-0.39, 0.29) is 5.69 Å². The lowest BCUT2D eigenvalue weighted by atomic mass is 10.0. The Hall–Kier alpha value is -2.54. The Morgan fingerprint density at radius 2 is 1.57 bits per heavy atom. The number of hydrogen-bond acceptors (Lipinski definition) is 4. The van der Waals surface area contributed by atoms with E-state index in [0.29, 0.717) is 32.4 Å². The second-order valence-electron chi connectivity index (χ2n) is 5.22. The van der Waals surface area contributed by atoms with Crippen molar-refractivity contribution >= 4 is 39.1 Å². The van der Waals surface area contributed by atoms with E-state index < -0.39 is 16.7 Å². The van der Waals surface area contributed by atoms with Crippen molar-refractivity contribution in [3.63, 3.8) is 0 Å². The Labute approximate surface area is 140 Å². The molecule has 0 atom stereocenters. The van der Waals surface area contributed by atoms with Gasteiger partial charge in [0.25, 0.3) is 17.5 Å². The number of anilines is 1. The fraction of sp³-hybridized carbons (Fsp3) is 0.125.